The standard InChI is InChI=1S/C15H24ClNO/c1-4-14(5-2)17(10-11-18-3)15-8-6-13(12-16)7-9-15/h6-9,14H,4-5,10-12H2,1-3H3. The number of ether oxygens (including phenoxy) is 1. The third-order valence-corrected chi connectivity index (χ3v) is 3.65. The van der Waals surface area contributed by atoms with Gasteiger partial charge in [0.05, 0.1) is 6.61 Å². The van der Waals surface area contributed by atoms with Gasteiger partial charge in [-0.3, -0.25) is 0 Å². The normalized spacial score (nSPS) is 10.9. The summed E-state index contributed by atoms with van der Waals surface area (Å²) in [5, 5.41) is 0. The van der Waals surface area contributed by atoms with Gasteiger partial charge < -0.3 is 9.64 Å². The molecule has 0 saturated heterocycles. The zero-order valence-electron chi connectivity index (χ0n) is 11.7. The summed E-state index contributed by atoms with van der Waals surface area (Å²) in [6, 6.07) is 9.09. The number of methoxy groups -OCH3 is 1. The van der Waals surface area contributed by atoms with E-state index in [0.717, 1.165) is 31.6 Å². The first-order valence-corrected chi connectivity index (χ1v) is 7.20. The van der Waals surface area contributed by atoms with Crippen molar-refractivity contribution in [1.29, 1.82) is 0 Å². The number of halogens is 1. The van der Waals surface area contributed by atoms with Crippen molar-refractivity contribution in [1.82, 2.24) is 0 Å². The monoisotopic (exact) mass is 269 g/mol. The van der Waals surface area contributed by atoms with E-state index in [9.17, 15) is 0 Å². The van der Waals surface area contributed by atoms with E-state index in [-0.39, 0.29) is 0 Å². The van der Waals surface area contributed by atoms with Crippen LogP contribution in [0.15, 0.2) is 24.3 Å². The minimum atomic E-state index is 0.571. The van der Waals surface area contributed by atoms with Gasteiger partial charge in [-0.2, -0.15) is 0 Å². The lowest BCUT2D eigenvalue weighted by molar-refractivity contribution is 0.202. The number of hydrogen-bond donors (Lipinski definition) is 0. The molecular weight excluding hydrogens is 246 g/mol. The lowest BCUT2D eigenvalue weighted by atomic mass is 10.1. The minimum absolute atomic E-state index is 0.571. The molecule has 3 heteroatoms. The molecule has 102 valence electrons. The van der Waals surface area contributed by atoms with Crippen LogP contribution in [0.3, 0.4) is 0 Å². The smallest absolute Gasteiger partial charge is 0.0637 e. The van der Waals surface area contributed by atoms with E-state index in [4.69, 9.17) is 16.3 Å². The molecule has 0 heterocycles. The molecular formula is C15H24ClNO. The van der Waals surface area contributed by atoms with Gasteiger partial charge in [-0.1, -0.05) is 26.0 Å². The molecule has 1 aromatic carbocycles. The van der Waals surface area contributed by atoms with E-state index in [1.54, 1.807) is 7.11 Å². The van der Waals surface area contributed by atoms with Crippen LogP contribution in [0.5, 0.6) is 0 Å². The molecule has 0 radical (unpaired) electrons. The summed E-state index contributed by atoms with van der Waals surface area (Å²) in [7, 11) is 1.75. The van der Waals surface area contributed by atoms with E-state index in [1.165, 1.54) is 5.69 Å². The molecule has 0 bridgehead atoms. The lowest BCUT2D eigenvalue weighted by Crippen LogP contribution is -2.37. The molecule has 18 heavy (non-hydrogen) atoms. The van der Waals surface area contributed by atoms with Crippen LogP contribution in [0.4, 0.5) is 5.69 Å². The largest absolute Gasteiger partial charge is 0.383 e. The molecule has 0 atom stereocenters. The zero-order chi connectivity index (χ0) is 13.4. The van der Waals surface area contributed by atoms with Crippen molar-refractivity contribution in [3.8, 4) is 0 Å². The van der Waals surface area contributed by atoms with Gasteiger partial charge in [-0.05, 0) is 30.5 Å². The Morgan fingerprint density at radius 3 is 2.22 bits per heavy atom. The van der Waals surface area contributed by atoms with Gasteiger partial charge in [0, 0.05) is 31.3 Å². The Balaban J connectivity index is 2.85. The SMILES string of the molecule is CCC(CC)N(CCOC)c1ccc(CCl)cc1. The van der Waals surface area contributed by atoms with E-state index in [2.05, 4.69) is 43.0 Å². The van der Waals surface area contributed by atoms with Crippen LogP contribution in [0.25, 0.3) is 0 Å². The van der Waals surface area contributed by atoms with Crippen molar-refractivity contribution in [2.45, 2.75) is 38.6 Å². The highest BCUT2D eigenvalue weighted by molar-refractivity contribution is 6.17. The van der Waals surface area contributed by atoms with E-state index in [1.807, 2.05) is 0 Å². The maximum atomic E-state index is 5.83. The Kier molecular flexibility index (Phi) is 7.14. The fourth-order valence-electron chi connectivity index (χ4n) is 2.22. The molecule has 0 unspecified atom stereocenters. The summed E-state index contributed by atoms with van der Waals surface area (Å²) >= 11 is 5.83. The molecule has 0 spiro atoms. The van der Waals surface area contributed by atoms with E-state index < -0.39 is 0 Å². The Hall–Kier alpha value is -0.730. The minimum Gasteiger partial charge on any atom is -0.383 e. The molecule has 0 fully saturated rings. The van der Waals surface area contributed by atoms with E-state index >= 15 is 0 Å². The number of benzene rings is 1. The summed E-state index contributed by atoms with van der Waals surface area (Å²) < 4.78 is 5.22. The Labute approximate surface area is 116 Å². The second-order valence-electron chi connectivity index (χ2n) is 4.46. The Morgan fingerprint density at radius 1 is 1.17 bits per heavy atom. The first-order chi connectivity index (χ1) is 8.76. The number of anilines is 1. The Morgan fingerprint density at radius 2 is 1.78 bits per heavy atom. The van der Waals surface area contributed by atoms with Crippen molar-refractivity contribution < 1.29 is 4.74 Å². The summed E-state index contributed by atoms with van der Waals surface area (Å²) in [5.41, 5.74) is 2.42. The highest BCUT2D eigenvalue weighted by Crippen LogP contribution is 2.21. The Bertz CT molecular complexity index is 322. The van der Waals surface area contributed by atoms with Crippen molar-refractivity contribution in [2.24, 2.45) is 0 Å². The number of hydrogen-bond acceptors (Lipinski definition) is 2. The molecule has 0 aliphatic heterocycles. The molecule has 1 aromatic rings. The first-order valence-electron chi connectivity index (χ1n) is 6.67. The van der Waals surface area contributed by atoms with Crippen molar-refractivity contribution in [2.75, 3.05) is 25.2 Å². The molecule has 0 aliphatic carbocycles. The summed E-state index contributed by atoms with van der Waals surface area (Å²) in [4.78, 5) is 2.43. The molecule has 0 aliphatic rings. The van der Waals surface area contributed by atoms with Gasteiger partial charge in [-0.15, -0.1) is 11.6 Å². The third kappa shape index (κ3) is 4.18. The molecule has 0 amide bonds. The average Bonchev–Trinajstić information content (AvgIpc) is 2.43. The predicted molar refractivity (Wildman–Crippen MR) is 79.6 cm³/mol. The maximum absolute atomic E-state index is 5.83. The van der Waals surface area contributed by atoms with Crippen LogP contribution in [-0.4, -0.2) is 26.3 Å². The van der Waals surface area contributed by atoms with Crippen LogP contribution < -0.4 is 4.90 Å². The number of alkyl halides is 1. The third-order valence-electron chi connectivity index (χ3n) is 3.34. The maximum Gasteiger partial charge on any atom is 0.0637 e. The first kappa shape index (κ1) is 15.3. The molecule has 0 N–H and O–H groups in total. The average molecular weight is 270 g/mol. The highest BCUT2D eigenvalue weighted by atomic mass is 35.5. The zero-order valence-corrected chi connectivity index (χ0v) is 12.4. The second kappa shape index (κ2) is 8.39. The number of rotatable bonds is 8. The highest BCUT2D eigenvalue weighted by Gasteiger charge is 2.15. The quantitative estimate of drug-likeness (QED) is 0.660. The summed E-state index contributed by atoms with van der Waals surface area (Å²) in [6.07, 6.45) is 2.30. The van der Waals surface area contributed by atoms with Gasteiger partial charge in [-0.25, -0.2) is 0 Å². The molecule has 1 rings (SSSR count). The van der Waals surface area contributed by atoms with Crippen LogP contribution in [0.1, 0.15) is 32.3 Å². The second-order valence-corrected chi connectivity index (χ2v) is 4.72. The lowest BCUT2D eigenvalue weighted by Gasteiger charge is -2.32. The van der Waals surface area contributed by atoms with Gasteiger partial charge in [0.15, 0.2) is 0 Å². The van der Waals surface area contributed by atoms with Crippen molar-refractivity contribution in [3.63, 3.8) is 0 Å². The van der Waals surface area contributed by atoms with Crippen LogP contribution in [0.2, 0.25) is 0 Å². The summed E-state index contributed by atoms with van der Waals surface area (Å²) in [5.74, 6) is 0.573. The van der Waals surface area contributed by atoms with Gasteiger partial charge in [0.2, 0.25) is 0 Å². The van der Waals surface area contributed by atoms with Crippen LogP contribution >= 0.6 is 11.6 Å². The number of nitrogens with zero attached hydrogens (tertiary/aromatic N) is 1. The van der Waals surface area contributed by atoms with E-state index in [0.29, 0.717) is 11.9 Å². The molecule has 0 saturated carbocycles. The fourth-order valence-corrected chi connectivity index (χ4v) is 2.40. The van der Waals surface area contributed by atoms with Crippen molar-refractivity contribution in [3.05, 3.63) is 29.8 Å². The van der Waals surface area contributed by atoms with Crippen molar-refractivity contribution >= 4 is 17.3 Å². The summed E-state index contributed by atoms with van der Waals surface area (Å²) in [6.45, 7) is 6.17. The van der Waals surface area contributed by atoms with Gasteiger partial charge in [0.1, 0.15) is 0 Å². The van der Waals surface area contributed by atoms with Crippen LogP contribution in [-0.2, 0) is 10.6 Å². The fraction of sp³-hybridized carbons (Fsp3) is 0.600. The molecule has 0 aromatic heterocycles. The predicted octanol–water partition coefficient (Wildman–Crippen LogP) is 4.07. The molecule has 2 nitrogen and oxygen atoms in total. The van der Waals surface area contributed by atoms with Gasteiger partial charge in [0.25, 0.3) is 0 Å². The van der Waals surface area contributed by atoms with Gasteiger partial charge >= 0.3 is 0 Å². The topological polar surface area (TPSA) is 12.5 Å². The van der Waals surface area contributed by atoms with Crippen LogP contribution in [0, 0.1) is 0 Å².